The molecule has 4 nitrogen and oxygen atoms in total. The minimum absolute atomic E-state index is 0.329. The maximum atomic E-state index is 10.6. The molecule has 1 aromatic carbocycles. The molecular formula is C11H13N3O. The zero-order chi connectivity index (χ0) is 10.7. The number of para-hydroxylation sites is 1. The fourth-order valence-electron chi connectivity index (χ4n) is 1.68. The highest BCUT2D eigenvalue weighted by molar-refractivity contribution is 5.83. The summed E-state index contributed by atoms with van der Waals surface area (Å²) in [6.07, 6.45) is 3.34. The number of carbonyl (C=O) groups excluding carboxylic acids is 1. The third-order valence-corrected chi connectivity index (χ3v) is 2.49. The van der Waals surface area contributed by atoms with E-state index in [-0.39, 0.29) is 6.04 Å². The average Bonchev–Trinajstić information content (AvgIpc) is 2.69. The van der Waals surface area contributed by atoms with Gasteiger partial charge in [-0.1, -0.05) is 18.2 Å². The van der Waals surface area contributed by atoms with Gasteiger partial charge in [-0.3, -0.25) is 5.84 Å². The second kappa shape index (κ2) is 4.25. The Morgan fingerprint density at radius 3 is 3.00 bits per heavy atom. The first-order valence-electron chi connectivity index (χ1n) is 4.81. The van der Waals surface area contributed by atoms with E-state index < -0.39 is 0 Å². The van der Waals surface area contributed by atoms with Crippen molar-refractivity contribution < 1.29 is 4.79 Å². The third kappa shape index (κ3) is 1.91. The first-order chi connectivity index (χ1) is 7.35. The second-order valence-electron chi connectivity index (χ2n) is 3.47. The van der Waals surface area contributed by atoms with Crippen LogP contribution in [0.3, 0.4) is 0 Å². The van der Waals surface area contributed by atoms with Gasteiger partial charge >= 0.3 is 0 Å². The number of hydrogen-bond donors (Lipinski definition) is 3. The van der Waals surface area contributed by atoms with E-state index in [2.05, 4.69) is 10.4 Å². The number of benzene rings is 1. The molecule has 2 rings (SSSR count). The molecule has 4 heteroatoms. The number of nitrogens with two attached hydrogens (primary N) is 1. The number of hydrazine groups is 1. The van der Waals surface area contributed by atoms with E-state index in [4.69, 9.17) is 5.84 Å². The van der Waals surface area contributed by atoms with E-state index in [0.717, 1.165) is 22.8 Å². The molecule has 0 spiro atoms. The van der Waals surface area contributed by atoms with Crippen molar-refractivity contribution in [2.75, 3.05) is 0 Å². The molecule has 1 atom stereocenters. The lowest BCUT2D eigenvalue weighted by atomic mass is 10.1. The minimum atomic E-state index is -0.329. The Morgan fingerprint density at radius 2 is 2.27 bits per heavy atom. The van der Waals surface area contributed by atoms with Crippen molar-refractivity contribution in [2.45, 2.75) is 12.5 Å². The molecule has 0 aliphatic carbocycles. The quantitative estimate of drug-likeness (QED) is 0.390. The van der Waals surface area contributed by atoms with Crippen molar-refractivity contribution in [2.24, 2.45) is 5.84 Å². The topological polar surface area (TPSA) is 70.9 Å². The highest BCUT2D eigenvalue weighted by Crippen LogP contribution is 2.18. The number of aromatic amines is 1. The molecule has 0 radical (unpaired) electrons. The van der Waals surface area contributed by atoms with E-state index in [1.54, 1.807) is 0 Å². The first-order valence-corrected chi connectivity index (χ1v) is 4.81. The Morgan fingerprint density at radius 1 is 1.47 bits per heavy atom. The lowest BCUT2D eigenvalue weighted by molar-refractivity contribution is -0.109. The van der Waals surface area contributed by atoms with Crippen molar-refractivity contribution in [1.29, 1.82) is 0 Å². The standard InChI is InChI=1S/C11H13N3O/c12-14-9(7-15)5-8-6-13-11-4-2-1-3-10(8)11/h1-4,6-7,9,13-14H,5,12H2/t9-/m0/s1. The van der Waals surface area contributed by atoms with Gasteiger partial charge < -0.3 is 9.78 Å². The summed E-state index contributed by atoms with van der Waals surface area (Å²) in [6, 6.07) is 7.65. The molecule has 0 aliphatic heterocycles. The fraction of sp³-hybridized carbons (Fsp3) is 0.182. The molecule has 0 saturated heterocycles. The molecule has 0 bridgehead atoms. The van der Waals surface area contributed by atoms with Crippen LogP contribution in [0, 0.1) is 0 Å². The number of carbonyl (C=O) groups is 1. The van der Waals surface area contributed by atoms with Crippen molar-refractivity contribution in [3.63, 3.8) is 0 Å². The molecular weight excluding hydrogens is 190 g/mol. The largest absolute Gasteiger partial charge is 0.361 e. The van der Waals surface area contributed by atoms with Crippen LogP contribution in [-0.2, 0) is 11.2 Å². The van der Waals surface area contributed by atoms with Gasteiger partial charge in [-0.2, -0.15) is 0 Å². The summed E-state index contributed by atoms with van der Waals surface area (Å²) in [5.74, 6) is 5.25. The summed E-state index contributed by atoms with van der Waals surface area (Å²) in [6.45, 7) is 0. The van der Waals surface area contributed by atoms with E-state index in [1.807, 2.05) is 30.5 Å². The Balaban J connectivity index is 2.32. The number of fused-ring (bicyclic) bond motifs is 1. The molecule has 0 aliphatic rings. The highest BCUT2D eigenvalue weighted by atomic mass is 16.1. The molecule has 1 aromatic heterocycles. The first kappa shape index (κ1) is 9.89. The lowest BCUT2D eigenvalue weighted by Crippen LogP contribution is -2.37. The van der Waals surface area contributed by atoms with Crippen LogP contribution in [0.1, 0.15) is 5.56 Å². The molecule has 78 valence electrons. The van der Waals surface area contributed by atoms with Crippen LogP contribution in [0.2, 0.25) is 0 Å². The van der Waals surface area contributed by atoms with Gasteiger partial charge in [0.1, 0.15) is 6.29 Å². The Labute approximate surface area is 87.4 Å². The third-order valence-electron chi connectivity index (χ3n) is 2.49. The van der Waals surface area contributed by atoms with Gasteiger partial charge in [-0.05, 0) is 18.1 Å². The number of aldehydes is 1. The van der Waals surface area contributed by atoms with Crippen LogP contribution < -0.4 is 11.3 Å². The maximum absolute atomic E-state index is 10.6. The normalized spacial score (nSPS) is 12.9. The molecule has 0 fully saturated rings. The Kier molecular flexibility index (Phi) is 2.80. The number of aromatic nitrogens is 1. The van der Waals surface area contributed by atoms with E-state index in [9.17, 15) is 4.79 Å². The molecule has 0 saturated carbocycles. The summed E-state index contributed by atoms with van der Waals surface area (Å²) >= 11 is 0. The SMILES string of the molecule is NN[C@H](C=O)Cc1c[nH]c2ccccc12. The minimum Gasteiger partial charge on any atom is -0.361 e. The van der Waals surface area contributed by atoms with Crippen molar-refractivity contribution in [3.05, 3.63) is 36.0 Å². The van der Waals surface area contributed by atoms with Crippen LogP contribution in [-0.4, -0.2) is 17.3 Å². The van der Waals surface area contributed by atoms with Gasteiger partial charge in [-0.15, -0.1) is 0 Å². The molecule has 2 aromatic rings. The van der Waals surface area contributed by atoms with Gasteiger partial charge in [-0.25, -0.2) is 5.43 Å². The van der Waals surface area contributed by atoms with Crippen LogP contribution in [0.5, 0.6) is 0 Å². The average molecular weight is 203 g/mol. The molecule has 0 unspecified atom stereocenters. The summed E-state index contributed by atoms with van der Waals surface area (Å²) in [5, 5.41) is 1.14. The van der Waals surface area contributed by atoms with Gasteiger partial charge in [0.15, 0.2) is 0 Å². The summed E-state index contributed by atoms with van der Waals surface area (Å²) in [4.78, 5) is 13.8. The second-order valence-corrected chi connectivity index (χ2v) is 3.47. The zero-order valence-electron chi connectivity index (χ0n) is 8.23. The maximum Gasteiger partial charge on any atom is 0.138 e. The number of rotatable bonds is 4. The molecule has 15 heavy (non-hydrogen) atoms. The van der Waals surface area contributed by atoms with E-state index in [0.29, 0.717) is 6.42 Å². The number of nitrogens with one attached hydrogen (secondary N) is 2. The summed E-state index contributed by atoms with van der Waals surface area (Å²) < 4.78 is 0. The van der Waals surface area contributed by atoms with Gasteiger partial charge in [0.05, 0.1) is 6.04 Å². The Hall–Kier alpha value is -1.65. The number of H-pyrrole nitrogens is 1. The smallest absolute Gasteiger partial charge is 0.138 e. The summed E-state index contributed by atoms with van der Waals surface area (Å²) in [7, 11) is 0. The summed E-state index contributed by atoms with van der Waals surface area (Å²) in [5.41, 5.74) is 4.65. The number of hydrogen-bond acceptors (Lipinski definition) is 3. The van der Waals surface area contributed by atoms with Crippen LogP contribution in [0.25, 0.3) is 10.9 Å². The van der Waals surface area contributed by atoms with Crippen molar-refractivity contribution in [3.8, 4) is 0 Å². The highest BCUT2D eigenvalue weighted by Gasteiger charge is 2.09. The van der Waals surface area contributed by atoms with Gasteiger partial charge in [0, 0.05) is 17.1 Å². The predicted octanol–water partition coefficient (Wildman–Crippen LogP) is 0.741. The van der Waals surface area contributed by atoms with Crippen LogP contribution in [0.15, 0.2) is 30.5 Å². The monoisotopic (exact) mass is 203 g/mol. The van der Waals surface area contributed by atoms with Crippen LogP contribution in [0.4, 0.5) is 0 Å². The zero-order valence-corrected chi connectivity index (χ0v) is 8.23. The van der Waals surface area contributed by atoms with Crippen molar-refractivity contribution in [1.82, 2.24) is 10.4 Å². The predicted molar refractivity (Wildman–Crippen MR) is 59.2 cm³/mol. The van der Waals surface area contributed by atoms with Gasteiger partial charge in [0.25, 0.3) is 0 Å². The van der Waals surface area contributed by atoms with Gasteiger partial charge in [0.2, 0.25) is 0 Å². The van der Waals surface area contributed by atoms with E-state index in [1.165, 1.54) is 0 Å². The molecule has 4 N–H and O–H groups in total. The Bertz CT molecular complexity index is 464. The lowest BCUT2D eigenvalue weighted by Gasteiger charge is -2.06. The van der Waals surface area contributed by atoms with Crippen molar-refractivity contribution >= 4 is 17.2 Å². The van der Waals surface area contributed by atoms with Crippen LogP contribution >= 0.6 is 0 Å². The molecule has 1 heterocycles. The van der Waals surface area contributed by atoms with E-state index >= 15 is 0 Å². The molecule has 0 amide bonds. The fourth-order valence-corrected chi connectivity index (χ4v) is 1.68.